The van der Waals surface area contributed by atoms with Gasteiger partial charge in [-0.15, -0.1) is 0 Å². The SMILES string of the molecule is CC(C)C[C@H](NC(=O)[C@H](CCC(=O)O)NC(=O)[C@H](CCCCN)NC(=O)[C@H](CCCCN)NC(=O)[C@@H](N)CC(=O)O)C(=O)N[C@@H](C)C(=O)N[C@@H](CCCCN)C(=O)N[C@@H](Cc1ccccc1)C(=O)N[C@@H](CCC(N)=O)C(=O)N[C@@H](C)C(=O)N[C@@H](CCC(=O)O)C(=O)N[C@@H](CCCN=C(N)N)C(=O)N[C@@H](CO)C(=O)N[C@@H](C)C(=O)N[C@@H](C)C(=O)N[C@@H](CO)C(=O)O. The van der Waals surface area contributed by atoms with Crippen LogP contribution in [0.25, 0.3) is 0 Å². The van der Waals surface area contributed by atoms with E-state index in [1.165, 1.54) is 6.92 Å². The molecule has 0 aromatic heterocycles. The van der Waals surface area contributed by atoms with Gasteiger partial charge in [0.25, 0.3) is 0 Å². The summed E-state index contributed by atoms with van der Waals surface area (Å²) in [6.07, 6.45) is -4.06. The third-order valence-corrected chi connectivity index (χ3v) is 18.8. The van der Waals surface area contributed by atoms with Gasteiger partial charge in [-0.05, 0) is 155 Å². The van der Waals surface area contributed by atoms with E-state index in [2.05, 4.69) is 79.4 Å². The molecule has 0 aliphatic carbocycles. The van der Waals surface area contributed by atoms with Gasteiger partial charge in [0.05, 0.1) is 25.7 Å². The van der Waals surface area contributed by atoms with Crippen LogP contribution in [0.4, 0.5) is 0 Å². The van der Waals surface area contributed by atoms with Gasteiger partial charge in [-0.3, -0.25) is 96.1 Å². The lowest BCUT2D eigenvalue weighted by molar-refractivity contribution is -0.143. The number of aliphatic carboxylic acids is 4. The highest BCUT2D eigenvalue weighted by Gasteiger charge is 2.38. The van der Waals surface area contributed by atoms with Crippen LogP contribution in [0.15, 0.2) is 35.3 Å². The zero-order valence-corrected chi connectivity index (χ0v) is 70.9. The summed E-state index contributed by atoms with van der Waals surface area (Å²) in [5.41, 5.74) is 39.8. The molecule has 1 aromatic carbocycles. The largest absolute Gasteiger partial charge is 0.481 e. The van der Waals surface area contributed by atoms with E-state index >= 15 is 0 Å². The number of amides is 16. The number of nitrogens with zero attached hydrogens (tertiary/aromatic N) is 1. The van der Waals surface area contributed by atoms with Gasteiger partial charge in [0, 0.05) is 32.2 Å². The maximum atomic E-state index is 14.7. The number of hydrogen-bond donors (Lipinski definition) is 28. The molecule has 49 nitrogen and oxygen atoms in total. The normalized spacial score (nSPS) is 14.9. The first kappa shape index (κ1) is 111. The van der Waals surface area contributed by atoms with Crippen LogP contribution >= 0.6 is 0 Å². The molecule has 125 heavy (non-hydrogen) atoms. The van der Waals surface area contributed by atoms with Gasteiger partial charge in [0.1, 0.15) is 90.6 Å². The second-order valence-electron chi connectivity index (χ2n) is 30.0. The molecule has 0 heterocycles. The van der Waals surface area contributed by atoms with E-state index < -0.39 is 273 Å². The van der Waals surface area contributed by atoms with E-state index in [9.17, 15) is 121 Å². The monoisotopic (exact) mass is 1780 g/mol. The summed E-state index contributed by atoms with van der Waals surface area (Å²) in [5, 5.41) is 93.0. The summed E-state index contributed by atoms with van der Waals surface area (Å²) in [6, 6.07) is -17.8. The van der Waals surface area contributed by atoms with Crippen LogP contribution in [0.2, 0.25) is 0 Å². The average molecular weight is 1780 g/mol. The fourth-order valence-corrected chi connectivity index (χ4v) is 11.7. The molecule has 0 aliphatic heterocycles. The molecule has 0 fully saturated rings. The minimum Gasteiger partial charge on any atom is -0.481 e. The van der Waals surface area contributed by atoms with Gasteiger partial charge >= 0.3 is 23.9 Å². The molecule has 0 unspecified atom stereocenters. The molecule has 49 heteroatoms. The Morgan fingerprint density at radius 2 is 0.616 bits per heavy atom. The van der Waals surface area contributed by atoms with Crippen molar-refractivity contribution in [2.45, 2.75) is 267 Å². The topological polar surface area (TPSA) is 838 Å². The summed E-state index contributed by atoms with van der Waals surface area (Å²) in [7, 11) is 0. The minimum atomic E-state index is -1.87. The van der Waals surface area contributed by atoms with Crippen molar-refractivity contribution < 1.29 is 127 Å². The second-order valence-corrected chi connectivity index (χ2v) is 30.0. The van der Waals surface area contributed by atoms with E-state index in [-0.39, 0.29) is 102 Å². The minimum absolute atomic E-state index is 0.0291. The standard InChI is InChI=1S/C76H127N23O26/c1-38(2)33-52(96-71(120)51(25-28-58(105)106)94-67(116)47(21-12-15-31-79)92-66(115)46(20-11-14-30-78)91-64(113)44(80)35-59(107)108)72(121)87-42(6)61(110)89-45(19-10-13-29-77)68(117)97-53(34-43-17-8-7-9-18-43)73(122)95-49(23-26-56(81)102)65(114)86-41(5)62(111)90-50(24-27-57(103)104)70(119)93-48(22-16-32-84-76(82)83)69(118)98-54(36-100)74(123)88-39(3)60(109)85-40(4)63(112)99-55(37-101)75(124)125/h7-9,17-18,38-42,44-55,100-101H,10-16,19-37,77-80H2,1-6H3,(H2,81,102)(H,85,109)(H,86,114)(H,87,121)(H,88,123)(H,89,110)(H,90,111)(H,91,113)(H,92,115)(H,93,119)(H,94,116)(H,95,122)(H,96,120)(H,97,117)(H,98,118)(H,99,112)(H,103,104)(H,105,106)(H,107,108)(H,124,125)(H4,82,83,84)/t39-,40-,41-,42-,44-,45-,46-,47-,48-,49-,50-,51-,52-,53-,54-,55-/m0/s1. The maximum absolute atomic E-state index is 14.7. The van der Waals surface area contributed by atoms with E-state index in [0.29, 0.717) is 24.8 Å². The highest BCUT2D eigenvalue weighted by Crippen LogP contribution is 2.15. The number of aliphatic hydroxyl groups is 2. The van der Waals surface area contributed by atoms with Crippen molar-refractivity contribution in [3.8, 4) is 0 Å². The first-order valence-corrected chi connectivity index (χ1v) is 40.7. The Morgan fingerprint density at radius 3 is 0.960 bits per heavy atom. The number of nitrogens with two attached hydrogens (primary N) is 7. The molecular weight excluding hydrogens is 1650 g/mol. The van der Waals surface area contributed by atoms with Crippen molar-refractivity contribution in [3.05, 3.63) is 35.9 Å². The van der Waals surface area contributed by atoms with Crippen molar-refractivity contribution in [3.63, 3.8) is 0 Å². The number of hydrogen-bond acceptors (Lipinski definition) is 27. The van der Waals surface area contributed by atoms with Crippen molar-refractivity contribution in [1.29, 1.82) is 0 Å². The number of primary amides is 1. The summed E-state index contributed by atoms with van der Waals surface area (Å²) in [4.78, 5) is 271. The number of unbranched alkanes of at least 4 members (excludes halogenated alkanes) is 3. The zero-order valence-electron chi connectivity index (χ0n) is 70.9. The second kappa shape index (κ2) is 59.4. The third-order valence-electron chi connectivity index (χ3n) is 18.8. The molecule has 35 N–H and O–H groups in total. The quantitative estimate of drug-likeness (QED) is 0.0164. The highest BCUT2D eigenvalue weighted by atomic mass is 16.4. The molecule has 0 saturated heterocycles. The number of benzene rings is 1. The molecule has 0 radical (unpaired) electrons. The van der Waals surface area contributed by atoms with E-state index in [0.717, 1.165) is 20.8 Å². The first-order chi connectivity index (χ1) is 58.8. The number of carboxylic acid groups (broad SMARTS) is 4. The Bertz CT molecular complexity index is 3820. The van der Waals surface area contributed by atoms with Crippen LogP contribution in [-0.2, 0) is 102 Å². The summed E-state index contributed by atoms with van der Waals surface area (Å²) >= 11 is 0. The molecule has 0 aliphatic rings. The molecule has 1 rings (SSSR count). The Balaban J connectivity index is 3.67. The number of carbonyl (C=O) groups is 20. The first-order valence-electron chi connectivity index (χ1n) is 40.7. The number of rotatable bonds is 64. The average Bonchev–Trinajstić information content (AvgIpc) is 0.861. The predicted octanol–water partition coefficient (Wildman–Crippen LogP) is -10.1. The van der Waals surface area contributed by atoms with Crippen molar-refractivity contribution >= 4 is 124 Å². The predicted molar refractivity (Wildman–Crippen MR) is 444 cm³/mol. The molecule has 0 saturated carbocycles. The lowest BCUT2D eigenvalue weighted by Gasteiger charge is -2.28. The lowest BCUT2D eigenvalue weighted by atomic mass is 10.0. The van der Waals surface area contributed by atoms with Gasteiger partial charge in [0.2, 0.25) is 94.5 Å². The summed E-state index contributed by atoms with van der Waals surface area (Å²) in [5.74, 6) is -23.6. The van der Waals surface area contributed by atoms with Crippen molar-refractivity contribution in [2.75, 3.05) is 39.4 Å². The van der Waals surface area contributed by atoms with Gasteiger partial charge in [-0.1, -0.05) is 44.2 Å². The van der Waals surface area contributed by atoms with E-state index in [1.54, 1.807) is 44.2 Å². The van der Waals surface area contributed by atoms with Gasteiger partial charge < -0.3 is 151 Å². The van der Waals surface area contributed by atoms with Gasteiger partial charge in [-0.25, -0.2) is 4.79 Å². The maximum Gasteiger partial charge on any atom is 0.328 e. The smallest absolute Gasteiger partial charge is 0.328 e. The highest BCUT2D eigenvalue weighted by molar-refractivity contribution is 6.01. The number of aliphatic imine (C=N–C) groups is 1. The van der Waals surface area contributed by atoms with Crippen molar-refractivity contribution in [1.82, 2.24) is 79.8 Å². The van der Waals surface area contributed by atoms with E-state index in [1.807, 2.05) is 5.32 Å². The molecule has 16 atom stereocenters. The lowest BCUT2D eigenvalue weighted by Crippen LogP contribution is -2.61. The van der Waals surface area contributed by atoms with E-state index in [4.69, 9.17) is 45.2 Å². The van der Waals surface area contributed by atoms with Crippen LogP contribution in [0.5, 0.6) is 0 Å². The Kier molecular flexibility index (Phi) is 52.6. The Hall–Kier alpha value is -12.3. The number of carbonyl (C=O) groups excluding carboxylic acids is 16. The molecule has 0 spiro atoms. The molecule has 1 aromatic rings. The number of aliphatic hydroxyl groups excluding tert-OH is 2. The number of carboxylic acids is 4. The molecule has 0 bridgehead atoms. The fourth-order valence-electron chi connectivity index (χ4n) is 11.7. The van der Waals surface area contributed by atoms with Crippen LogP contribution in [0.3, 0.4) is 0 Å². The van der Waals surface area contributed by atoms with Crippen LogP contribution in [-0.4, -0.2) is 291 Å². The molecule has 702 valence electrons. The fraction of sp³-hybridized carbons (Fsp3) is 0.645. The summed E-state index contributed by atoms with van der Waals surface area (Å²) < 4.78 is 0. The Labute approximate surface area is 720 Å². The van der Waals surface area contributed by atoms with Crippen molar-refractivity contribution in [2.24, 2.45) is 51.0 Å². The Morgan fingerprint density at radius 1 is 0.328 bits per heavy atom. The number of nitrogens with one attached hydrogen (secondary N) is 15. The van der Waals surface area contributed by atoms with Crippen LogP contribution in [0, 0.1) is 5.92 Å². The zero-order chi connectivity index (χ0) is 94.8. The van der Waals surface area contributed by atoms with Gasteiger partial charge in [0.15, 0.2) is 5.96 Å². The summed E-state index contributed by atoms with van der Waals surface area (Å²) in [6.45, 7) is 6.18. The third kappa shape index (κ3) is 45.0. The number of guanidine groups is 1. The van der Waals surface area contributed by atoms with Crippen LogP contribution < -0.4 is 120 Å². The molecular formula is C76H127N23O26. The van der Waals surface area contributed by atoms with Gasteiger partial charge in [-0.2, -0.15) is 0 Å². The molecule has 16 amide bonds. The van der Waals surface area contributed by atoms with Crippen LogP contribution in [0.1, 0.15) is 169 Å².